The van der Waals surface area contributed by atoms with Gasteiger partial charge in [0.2, 0.25) is 5.78 Å². The maximum atomic E-state index is 11.8. The van der Waals surface area contributed by atoms with Gasteiger partial charge in [-0.25, -0.2) is 0 Å². The molecule has 0 fully saturated rings. The Labute approximate surface area is 135 Å². The van der Waals surface area contributed by atoms with Gasteiger partial charge in [-0.15, -0.1) is 10.2 Å². The number of aromatic amines is 1. The molecule has 3 rings (SSSR count). The monoisotopic (exact) mass is 330 g/mol. The van der Waals surface area contributed by atoms with Crippen molar-refractivity contribution in [1.29, 1.82) is 0 Å². The minimum absolute atomic E-state index is 0.117. The van der Waals surface area contributed by atoms with Crippen LogP contribution in [0.5, 0.6) is 0 Å². The molecule has 7 nitrogen and oxygen atoms in total. The number of esters is 1. The zero-order valence-corrected chi connectivity index (χ0v) is 13.2. The molecule has 1 aromatic carbocycles. The number of carbonyl (C=O) groups is 1. The smallest absolute Gasteiger partial charge is 0.316 e. The molecule has 0 saturated heterocycles. The summed E-state index contributed by atoms with van der Waals surface area (Å²) in [5.74, 6) is 0.138. The Balaban J connectivity index is 1.62. The molecule has 23 heavy (non-hydrogen) atoms. The summed E-state index contributed by atoms with van der Waals surface area (Å²) in [4.78, 5) is 25.8. The molecule has 2 heterocycles. The average Bonchev–Trinajstić information content (AvgIpc) is 2.95. The van der Waals surface area contributed by atoms with E-state index in [1.54, 1.807) is 11.3 Å². The zero-order valence-electron chi connectivity index (χ0n) is 12.4. The zero-order chi connectivity index (χ0) is 16.2. The molecular formula is C15H14N4O3S. The third-order valence-electron chi connectivity index (χ3n) is 3.12. The number of thioether (sulfide) groups is 1. The SMILES string of the molecule is Cc1cc(=O)[nH]c2nnc(SCC(=O)OCc3ccccc3)n12. The number of nitrogens with one attached hydrogen (secondary N) is 1. The quantitative estimate of drug-likeness (QED) is 0.564. The molecule has 0 spiro atoms. The van der Waals surface area contributed by atoms with Crippen LogP contribution in [0.25, 0.3) is 5.78 Å². The number of aryl methyl sites for hydroxylation is 1. The molecule has 1 N–H and O–H groups in total. The molecule has 0 aliphatic heterocycles. The maximum absolute atomic E-state index is 11.8. The van der Waals surface area contributed by atoms with Gasteiger partial charge in [0.25, 0.3) is 5.56 Å². The molecule has 0 aliphatic carbocycles. The van der Waals surface area contributed by atoms with E-state index in [2.05, 4.69) is 15.2 Å². The lowest BCUT2D eigenvalue weighted by Crippen LogP contribution is -2.10. The van der Waals surface area contributed by atoms with E-state index in [9.17, 15) is 9.59 Å². The van der Waals surface area contributed by atoms with Crippen LogP contribution >= 0.6 is 11.8 Å². The van der Waals surface area contributed by atoms with Crippen LogP contribution in [0.3, 0.4) is 0 Å². The van der Waals surface area contributed by atoms with E-state index in [-0.39, 0.29) is 23.9 Å². The first-order valence-corrected chi connectivity index (χ1v) is 7.89. The lowest BCUT2D eigenvalue weighted by atomic mass is 10.2. The van der Waals surface area contributed by atoms with Gasteiger partial charge in [0.15, 0.2) is 5.16 Å². The van der Waals surface area contributed by atoms with Crippen molar-refractivity contribution in [2.24, 2.45) is 0 Å². The molecule has 118 valence electrons. The van der Waals surface area contributed by atoms with Crippen LogP contribution in [0, 0.1) is 6.92 Å². The van der Waals surface area contributed by atoms with Crippen molar-refractivity contribution < 1.29 is 9.53 Å². The lowest BCUT2D eigenvalue weighted by Gasteiger charge is -2.05. The summed E-state index contributed by atoms with van der Waals surface area (Å²) in [7, 11) is 0. The van der Waals surface area contributed by atoms with Gasteiger partial charge >= 0.3 is 5.97 Å². The van der Waals surface area contributed by atoms with E-state index in [1.807, 2.05) is 30.3 Å². The van der Waals surface area contributed by atoms with Crippen molar-refractivity contribution in [2.75, 3.05) is 5.75 Å². The lowest BCUT2D eigenvalue weighted by molar-refractivity contribution is -0.141. The van der Waals surface area contributed by atoms with Gasteiger partial charge in [0.05, 0.1) is 5.75 Å². The summed E-state index contributed by atoms with van der Waals surface area (Å²) >= 11 is 1.21. The summed E-state index contributed by atoms with van der Waals surface area (Å²) in [5.41, 5.74) is 1.40. The third kappa shape index (κ3) is 3.59. The Kier molecular flexibility index (Phi) is 4.42. The molecule has 0 unspecified atom stereocenters. The van der Waals surface area contributed by atoms with Gasteiger partial charge < -0.3 is 4.74 Å². The highest BCUT2D eigenvalue weighted by Gasteiger charge is 2.12. The molecule has 0 amide bonds. The topological polar surface area (TPSA) is 89.4 Å². The highest BCUT2D eigenvalue weighted by atomic mass is 32.2. The number of aromatic nitrogens is 4. The highest BCUT2D eigenvalue weighted by molar-refractivity contribution is 7.99. The second kappa shape index (κ2) is 6.66. The summed E-state index contributed by atoms with van der Waals surface area (Å²) in [6.45, 7) is 2.02. The van der Waals surface area contributed by atoms with Crippen molar-refractivity contribution in [3.8, 4) is 0 Å². The van der Waals surface area contributed by atoms with Crippen molar-refractivity contribution in [3.05, 3.63) is 58.0 Å². The van der Waals surface area contributed by atoms with Gasteiger partial charge in [-0.1, -0.05) is 42.1 Å². The van der Waals surface area contributed by atoms with E-state index >= 15 is 0 Å². The second-order valence-corrected chi connectivity index (χ2v) is 5.79. The number of carbonyl (C=O) groups excluding carboxylic acids is 1. The van der Waals surface area contributed by atoms with Gasteiger partial charge in [-0.05, 0) is 12.5 Å². The summed E-state index contributed by atoms with van der Waals surface area (Å²) in [6.07, 6.45) is 0. The molecule has 0 bridgehead atoms. The van der Waals surface area contributed by atoms with Crippen LogP contribution in [0.4, 0.5) is 0 Å². The number of hydrogen-bond donors (Lipinski definition) is 1. The second-order valence-electron chi connectivity index (χ2n) is 4.85. The molecule has 3 aromatic rings. The molecule has 2 aromatic heterocycles. The fourth-order valence-electron chi connectivity index (χ4n) is 2.07. The largest absolute Gasteiger partial charge is 0.460 e. The normalized spacial score (nSPS) is 10.8. The van der Waals surface area contributed by atoms with Gasteiger partial charge in [-0.2, -0.15) is 0 Å². The standard InChI is InChI=1S/C15H14N4O3S/c1-10-7-12(20)16-14-17-18-15(19(10)14)23-9-13(21)22-8-11-5-3-2-4-6-11/h2-7H,8-9H2,1H3,(H,16,17,20). The van der Waals surface area contributed by atoms with Gasteiger partial charge in [0.1, 0.15) is 6.61 Å². The molecule has 0 saturated carbocycles. The summed E-state index contributed by atoms with van der Waals surface area (Å²) in [6, 6.07) is 10.9. The van der Waals surface area contributed by atoms with Crippen LogP contribution in [0.15, 0.2) is 46.3 Å². The van der Waals surface area contributed by atoms with E-state index in [4.69, 9.17) is 4.74 Å². The van der Waals surface area contributed by atoms with E-state index in [0.717, 1.165) is 5.56 Å². The van der Waals surface area contributed by atoms with Crippen molar-refractivity contribution >= 4 is 23.5 Å². The molecular weight excluding hydrogens is 316 g/mol. The number of hydrogen-bond acceptors (Lipinski definition) is 6. The summed E-state index contributed by atoms with van der Waals surface area (Å²) < 4.78 is 6.90. The maximum Gasteiger partial charge on any atom is 0.316 e. The number of nitrogens with zero attached hydrogens (tertiary/aromatic N) is 3. The Morgan fingerprint density at radius 3 is 2.87 bits per heavy atom. The highest BCUT2D eigenvalue weighted by Crippen LogP contribution is 2.17. The number of ether oxygens (including phenoxy) is 1. The predicted octanol–water partition coefficient (Wildman–Crippen LogP) is 1.56. The van der Waals surface area contributed by atoms with Crippen LogP contribution in [-0.4, -0.2) is 31.3 Å². The minimum atomic E-state index is -0.335. The van der Waals surface area contributed by atoms with E-state index in [0.29, 0.717) is 16.6 Å². The molecule has 0 radical (unpaired) electrons. The number of fused-ring (bicyclic) bond motifs is 1. The fourth-order valence-corrected chi connectivity index (χ4v) is 2.85. The Hall–Kier alpha value is -2.61. The Morgan fingerprint density at radius 2 is 2.09 bits per heavy atom. The van der Waals surface area contributed by atoms with E-state index in [1.165, 1.54) is 17.8 Å². The van der Waals surface area contributed by atoms with E-state index < -0.39 is 0 Å². The third-order valence-corrected chi connectivity index (χ3v) is 4.03. The molecule has 0 aliphatic rings. The fraction of sp³-hybridized carbons (Fsp3) is 0.200. The molecule has 8 heteroatoms. The van der Waals surface area contributed by atoms with Crippen LogP contribution < -0.4 is 5.56 Å². The van der Waals surface area contributed by atoms with Gasteiger partial charge in [0, 0.05) is 11.8 Å². The number of rotatable bonds is 5. The first-order chi connectivity index (χ1) is 11.1. The number of H-pyrrole nitrogens is 1. The van der Waals surface area contributed by atoms with Gasteiger partial charge in [-0.3, -0.25) is 19.0 Å². The first-order valence-electron chi connectivity index (χ1n) is 6.91. The minimum Gasteiger partial charge on any atom is -0.460 e. The predicted molar refractivity (Wildman–Crippen MR) is 85.3 cm³/mol. The summed E-state index contributed by atoms with van der Waals surface area (Å²) in [5, 5.41) is 8.41. The Bertz CT molecular complexity index is 889. The number of benzene rings is 1. The molecule has 0 atom stereocenters. The van der Waals surface area contributed by atoms with Crippen molar-refractivity contribution in [3.63, 3.8) is 0 Å². The van der Waals surface area contributed by atoms with Crippen LogP contribution in [0.2, 0.25) is 0 Å². The average molecular weight is 330 g/mol. The van der Waals surface area contributed by atoms with Crippen LogP contribution in [-0.2, 0) is 16.1 Å². The van der Waals surface area contributed by atoms with Crippen LogP contribution in [0.1, 0.15) is 11.3 Å². The van der Waals surface area contributed by atoms with Crippen molar-refractivity contribution in [2.45, 2.75) is 18.7 Å². The first kappa shape index (κ1) is 15.3. The Morgan fingerprint density at radius 1 is 1.30 bits per heavy atom. The van der Waals surface area contributed by atoms with Crippen molar-refractivity contribution in [1.82, 2.24) is 19.6 Å².